The van der Waals surface area contributed by atoms with Crippen LogP contribution < -0.4 is 0 Å². The minimum Gasteiger partial charge on any atom is -0.340 e. The molecule has 1 aliphatic rings. The normalized spacial score (nSPS) is 16.2. The smallest absolute Gasteiger partial charge is 0.223 e. The molecule has 0 radical (unpaired) electrons. The third-order valence-electron chi connectivity index (χ3n) is 4.99. The SMILES string of the molecule is Cc1nc(CC2CCN(Cc3cn[nH]c3-c3ccc(F)cc3)CC2)no1. The van der Waals surface area contributed by atoms with Gasteiger partial charge in [0.25, 0.3) is 0 Å². The van der Waals surface area contributed by atoms with Crippen molar-refractivity contribution >= 4 is 0 Å². The molecule has 1 aliphatic heterocycles. The first kappa shape index (κ1) is 16.9. The molecule has 0 atom stereocenters. The van der Waals surface area contributed by atoms with Crippen molar-refractivity contribution < 1.29 is 8.91 Å². The Balaban J connectivity index is 1.35. The summed E-state index contributed by atoms with van der Waals surface area (Å²) in [6.07, 6.45) is 5.00. The average molecular weight is 355 g/mol. The van der Waals surface area contributed by atoms with Gasteiger partial charge in [0, 0.05) is 31.0 Å². The summed E-state index contributed by atoms with van der Waals surface area (Å²) >= 11 is 0. The number of benzene rings is 1. The van der Waals surface area contributed by atoms with Crippen molar-refractivity contribution in [2.45, 2.75) is 32.7 Å². The van der Waals surface area contributed by atoms with E-state index in [1.165, 1.54) is 12.1 Å². The summed E-state index contributed by atoms with van der Waals surface area (Å²) < 4.78 is 18.2. The van der Waals surface area contributed by atoms with Crippen molar-refractivity contribution in [2.75, 3.05) is 13.1 Å². The number of hydrogen-bond donors (Lipinski definition) is 1. The highest BCUT2D eigenvalue weighted by atomic mass is 19.1. The van der Waals surface area contributed by atoms with Crippen LogP contribution in [0.15, 0.2) is 35.0 Å². The molecule has 26 heavy (non-hydrogen) atoms. The molecule has 0 saturated carbocycles. The number of nitrogens with one attached hydrogen (secondary N) is 1. The quantitative estimate of drug-likeness (QED) is 0.760. The van der Waals surface area contributed by atoms with Crippen molar-refractivity contribution in [3.05, 3.63) is 53.6 Å². The number of aromatic nitrogens is 4. The standard InChI is InChI=1S/C19H22FN5O/c1-13-22-18(24-26-13)10-14-6-8-25(9-7-14)12-16-11-21-23-19(16)15-2-4-17(20)5-3-15/h2-5,11,14H,6-10,12H2,1H3,(H,21,23). The van der Waals surface area contributed by atoms with Crippen LogP contribution in [0.2, 0.25) is 0 Å². The molecule has 1 N–H and O–H groups in total. The van der Waals surface area contributed by atoms with E-state index in [1.807, 2.05) is 13.1 Å². The Morgan fingerprint density at radius 2 is 2.00 bits per heavy atom. The van der Waals surface area contributed by atoms with Crippen molar-refractivity contribution in [1.82, 2.24) is 25.2 Å². The van der Waals surface area contributed by atoms with Gasteiger partial charge in [-0.15, -0.1) is 0 Å². The summed E-state index contributed by atoms with van der Waals surface area (Å²) in [4.78, 5) is 6.75. The van der Waals surface area contributed by atoms with E-state index < -0.39 is 0 Å². The van der Waals surface area contributed by atoms with Gasteiger partial charge in [0.2, 0.25) is 5.89 Å². The largest absolute Gasteiger partial charge is 0.340 e. The fourth-order valence-electron chi connectivity index (χ4n) is 3.57. The van der Waals surface area contributed by atoms with Gasteiger partial charge in [-0.25, -0.2) is 4.39 Å². The van der Waals surface area contributed by atoms with Crippen molar-refractivity contribution in [1.29, 1.82) is 0 Å². The minimum atomic E-state index is -0.228. The first-order chi connectivity index (χ1) is 12.7. The molecule has 3 heterocycles. The van der Waals surface area contributed by atoms with Gasteiger partial charge >= 0.3 is 0 Å². The van der Waals surface area contributed by atoms with E-state index in [2.05, 4.69) is 25.2 Å². The molecular formula is C19H22FN5O. The summed E-state index contributed by atoms with van der Waals surface area (Å²) in [5.74, 6) is 1.82. The summed E-state index contributed by atoms with van der Waals surface area (Å²) in [5.41, 5.74) is 3.07. The van der Waals surface area contributed by atoms with Crippen molar-refractivity contribution in [2.24, 2.45) is 5.92 Å². The molecule has 0 amide bonds. The Hall–Kier alpha value is -2.54. The van der Waals surface area contributed by atoms with Gasteiger partial charge in [0.15, 0.2) is 5.82 Å². The van der Waals surface area contributed by atoms with Gasteiger partial charge in [-0.3, -0.25) is 10.00 Å². The monoisotopic (exact) mass is 355 g/mol. The van der Waals surface area contributed by atoms with Crippen LogP contribution in [0.25, 0.3) is 11.3 Å². The second-order valence-corrected chi connectivity index (χ2v) is 6.93. The molecule has 7 heteroatoms. The average Bonchev–Trinajstić information content (AvgIpc) is 3.26. The van der Waals surface area contributed by atoms with E-state index in [1.54, 1.807) is 12.1 Å². The van der Waals surface area contributed by atoms with Gasteiger partial charge in [-0.1, -0.05) is 5.16 Å². The van der Waals surface area contributed by atoms with Crippen LogP contribution >= 0.6 is 0 Å². The second kappa shape index (κ2) is 7.37. The molecule has 1 saturated heterocycles. The number of halogens is 1. The van der Waals surface area contributed by atoms with E-state index in [-0.39, 0.29) is 5.82 Å². The van der Waals surface area contributed by atoms with Crippen LogP contribution in [0, 0.1) is 18.7 Å². The molecule has 0 bridgehead atoms. The highest BCUT2D eigenvalue weighted by Gasteiger charge is 2.22. The fourth-order valence-corrected chi connectivity index (χ4v) is 3.57. The molecule has 2 aromatic heterocycles. The lowest BCUT2D eigenvalue weighted by Crippen LogP contribution is -2.34. The Bertz CT molecular complexity index is 849. The third-order valence-corrected chi connectivity index (χ3v) is 4.99. The maximum Gasteiger partial charge on any atom is 0.223 e. The van der Waals surface area contributed by atoms with Crippen LogP contribution in [-0.4, -0.2) is 38.3 Å². The number of rotatable bonds is 5. The zero-order chi connectivity index (χ0) is 17.9. The number of piperidine rings is 1. The van der Waals surface area contributed by atoms with Gasteiger partial charge in [0.1, 0.15) is 5.82 Å². The Labute approximate surface area is 151 Å². The number of likely N-dealkylation sites (tertiary alicyclic amines) is 1. The van der Waals surface area contributed by atoms with Crippen molar-refractivity contribution in [3.63, 3.8) is 0 Å². The molecule has 136 valence electrons. The zero-order valence-electron chi connectivity index (χ0n) is 14.8. The van der Waals surface area contributed by atoms with E-state index in [9.17, 15) is 4.39 Å². The second-order valence-electron chi connectivity index (χ2n) is 6.93. The predicted molar refractivity (Wildman–Crippen MR) is 94.7 cm³/mol. The fraction of sp³-hybridized carbons (Fsp3) is 0.421. The van der Waals surface area contributed by atoms with E-state index in [0.717, 1.165) is 61.5 Å². The first-order valence-electron chi connectivity index (χ1n) is 8.97. The summed E-state index contributed by atoms with van der Waals surface area (Å²) in [5, 5.41) is 11.2. The topological polar surface area (TPSA) is 70.8 Å². The number of nitrogens with zero attached hydrogens (tertiary/aromatic N) is 4. The van der Waals surface area contributed by atoms with Gasteiger partial charge in [-0.2, -0.15) is 10.1 Å². The molecule has 0 unspecified atom stereocenters. The lowest BCUT2D eigenvalue weighted by atomic mass is 9.93. The molecule has 4 rings (SSSR count). The minimum absolute atomic E-state index is 0.228. The summed E-state index contributed by atoms with van der Waals surface area (Å²) in [6.45, 7) is 4.74. The molecule has 0 aliphatic carbocycles. The van der Waals surface area contributed by atoms with E-state index in [0.29, 0.717) is 11.8 Å². The van der Waals surface area contributed by atoms with E-state index in [4.69, 9.17) is 4.52 Å². The number of H-pyrrole nitrogens is 1. The number of hydrogen-bond acceptors (Lipinski definition) is 5. The van der Waals surface area contributed by atoms with Crippen LogP contribution in [0.5, 0.6) is 0 Å². The Kier molecular flexibility index (Phi) is 4.79. The third kappa shape index (κ3) is 3.83. The maximum atomic E-state index is 13.1. The molecule has 1 aromatic carbocycles. The molecular weight excluding hydrogens is 333 g/mol. The van der Waals surface area contributed by atoms with E-state index >= 15 is 0 Å². The van der Waals surface area contributed by atoms with Crippen LogP contribution in [0.3, 0.4) is 0 Å². The molecule has 0 spiro atoms. The molecule has 3 aromatic rings. The van der Waals surface area contributed by atoms with Crippen LogP contribution in [0.4, 0.5) is 4.39 Å². The maximum absolute atomic E-state index is 13.1. The first-order valence-corrected chi connectivity index (χ1v) is 8.97. The zero-order valence-corrected chi connectivity index (χ0v) is 14.8. The van der Waals surface area contributed by atoms with Crippen molar-refractivity contribution in [3.8, 4) is 11.3 Å². The Morgan fingerprint density at radius 1 is 1.23 bits per heavy atom. The van der Waals surface area contributed by atoms with Crippen LogP contribution in [0.1, 0.15) is 30.1 Å². The number of aryl methyl sites for hydroxylation is 1. The highest BCUT2D eigenvalue weighted by molar-refractivity contribution is 5.62. The lowest BCUT2D eigenvalue weighted by molar-refractivity contribution is 0.175. The van der Waals surface area contributed by atoms with Gasteiger partial charge < -0.3 is 4.52 Å². The lowest BCUT2D eigenvalue weighted by Gasteiger charge is -2.31. The predicted octanol–water partition coefficient (Wildman–Crippen LogP) is 3.36. The Morgan fingerprint density at radius 3 is 2.69 bits per heavy atom. The van der Waals surface area contributed by atoms with Gasteiger partial charge in [-0.05, 0) is 56.1 Å². The highest BCUT2D eigenvalue weighted by Crippen LogP contribution is 2.26. The summed E-state index contributed by atoms with van der Waals surface area (Å²) in [7, 11) is 0. The summed E-state index contributed by atoms with van der Waals surface area (Å²) in [6, 6.07) is 6.52. The molecule has 1 fully saturated rings. The van der Waals surface area contributed by atoms with Gasteiger partial charge in [0.05, 0.1) is 11.9 Å². The molecule has 6 nitrogen and oxygen atoms in total. The number of aromatic amines is 1. The van der Waals surface area contributed by atoms with Crippen LogP contribution in [-0.2, 0) is 13.0 Å².